The lowest BCUT2D eigenvalue weighted by molar-refractivity contribution is -0.393. The molecule has 0 spiro atoms. The molecule has 0 aromatic heterocycles. The van der Waals surface area contributed by atoms with Crippen molar-refractivity contribution in [1.82, 2.24) is 5.32 Å². The molecule has 0 unspecified atom stereocenters. The normalized spacial score (nSPS) is 11.2. The number of nitro groups is 2. The van der Waals surface area contributed by atoms with Gasteiger partial charge in [-0.05, 0) is 65.9 Å². The highest BCUT2D eigenvalue weighted by Crippen LogP contribution is 2.40. The summed E-state index contributed by atoms with van der Waals surface area (Å²) < 4.78 is 0.122. The first-order chi connectivity index (χ1) is 14.3. The summed E-state index contributed by atoms with van der Waals surface area (Å²) in [4.78, 5) is 20.8. The van der Waals surface area contributed by atoms with Gasteiger partial charge in [0.05, 0.1) is 32.7 Å². The Balaban J connectivity index is 2.13. The van der Waals surface area contributed by atoms with Crippen LogP contribution < -0.4 is 5.32 Å². The number of aliphatic hydroxyl groups is 1. The lowest BCUT2D eigenvalue weighted by Gasteiger charge is -2.06. The Morgan fingerprint density at radius 2 is 1.83 bits per heavy atom. The quantitative estimate of drug-likeness (QED) is 0.203. The van der Waals surface area contributed by atoms with Gasteiger partial charge in [-0.15, -0.1) is 5.11 Å². The third-order valence-corrected chi connectivity index (χ3v) is 4.92. The van der Waals surface area contributed by atoms with E-state index in [2.05, 4.69) is 31.5 Å². The summed E-state index contributed by atoms with van der Waals surface area (Å²) in [5.74, 6) is 0. The van der Waals surface area contributed by atoms with Gasteiger partial charge in [-0.25, -0.2) is 0 Å². The highest BCUT2D eigenvalue weighted by molar-refractivity contribution is 9.10. The number of non-ortho nitro benzene ring substituents is 1. The first-order valence-electron chi connectivity index (χ1n) is 9.28. The van der Waals surface area contributed by atoms with Gasteiger partial charge < -0.3 is 10.4 Å². The van der Waals surface area contributed by atoms with E-state index in [0.717, 1.165) is 49.1 Å². The Morgan fingerprint density at radius 3 is 2.47 bits per heavy atom. The van der Waals surface area contributed by atoms with Gasteiger partial charge in [-0.3, -0.25) is 20.2 Å². The number of hydrogen-bond acceptors (Lipinski definition) is 8. The number of aliphatic hydroxyl groups excluding tert-OH is 1. The number of nitro benzene ring substituents is 2. The number of benzene rings is 2. The number of hydrogen-bond donors (Lipinski definition) is 2. The predicted molar refractivity (Wildman–Crippen MR) is 116 cm³/mol. The summed E-state index contributed by atoms with van der Waals surface area (Å²) in [6, 6.07) is 7.75. The zero-order valence-electron chi connectivity index (χ0n) is 16.4. The van der Waals surface area contributed by atoms with Gasteiger partial charge in [0.2, 0.25) is 0 Å². The van der Waals surface area contributed by atoms with Crippen LogP contribution in [0.25, 0.3) is 0 Å². The van der Waals surface area contributed by atoms with E-state index in [1.54, 1.807) is 6.07 Å². The van der Waals surface area contributed by atoms with Gasteiger partial charge in [0.25, 0.3) is 5.69 Å². The average Bonchev–Trinajstić information content (AvgIpc) is 2.70. The number of unbranched alkanes of at least 4 members (excludes halogenated alkanes) is 1. The molecule has 0 saturated carbocycles. The Morgan fingerprint density at radius 1 is 1.07 bits per heavy atom. The Hall–Kier alpha value is -2.76. The second-order valence-corrected chi connectivity index (χ2v) is 7.42. The maximum Gasteiger partial charge on any atom is 0.304 e. The Labute approximate surface area is 181 Å². The summed E-state index contributed by atoms with van der Waals surface area (Å²) in [5.41, 5.74) is 1.60. The molecular formula is C19H22BrN5O5. The van der Waals surface area contributed by atoms with Crippen LogP contribution in [0, 0.1) is 27.2 Å². The standard InChI is InChI=1S/C19H22BrN5O5/c1-13-10-14(4-2-3-7-21-8-9-26)5-6-17(13)22-23-19-16(20)11-15(24(27)28)12-18(19)25(29)30/h5-6,10-12,21,26H,2-4,7-9H2,1H3. The molecule has 2 aromatic rings. The monoisotopic (exact) mass is 479 g/mol. The van der Waals surface area contributed by atoms with Crippen LogP contribution in [0.15, 0.2) is 45.0 Å². The van der Waals surface area contributed by atoms with Gasteiger partial charge in [0.15, 0.2) is 5.69 Å². The Bertz CT molecular complexity index is 951. The SMILES string of the molecule is Cc1cc(CCCCNCCO)ccc1N=Nc1c(Br)cc([N+](=O)[O-])cc1[N+](=O)[O-]. The first-order valence-corrected chi connectivity index (χ1v) is 10.1. The number of nitrogens with zero attached hydrogens (tertiary/aromatic N) is 4. The number of azo groups is 1. The van der Waals surface area contributed by atoms with Gasteiger partial charge in [-0.2, -0.15) is 5.11 Å². The summed E-state index contributed by atoms with van der Waals surface area (Å²) in [6.45, 7) is 3.46. The van der Waals surface area contributed by atoms with Gasteiger partial charge in [0.1, 0.15) is 0 Å². The largest absolute Gasteiger partial charge is 0.395 e. The maximum atomic E-state index is 11.3. The van der Waals surface area contributed by atoms with E-state index in [0.29, 0.717) is 12.2 Å². The van der Waals surface area contributed by atoms with Crippen molar-refractivity contribution in [2.45, 2.75) is 26.2 Å². The summed E-state index contributed by atoms with van der Waals surface area (Å²) >= 11 is 3.11. The molecule has 11 heteroatoms. The minimum Gasteiger partial charge on any atom is -0.395 e. The molecule has 0 heterocycles. The van der Waals surface area contributed by atoms with Crippen molar-refractivity contribution in [3.63, 3.8) is 0 Å². The van der Waals surface area contributed by atoms with Crippen LogP contribution in [0.1, 0.15) is 24.0 Å². The second kappa shape index (κ2) is 11.4. The molecule has 0 saturated heterocycles. The van der Waals surface area contributed by atoms with E-state index < -0.39 is 21.2 Å². The topological polar surface area (TPSA) is 143 Å². The molecule has 0 bridgehead atoms. The van der Waals surface area contributed by atoms with E-state index >= 15 is 0 Å². The van der Waals surface area contributed by atoms with Crippen LogP contribution in [0.3, 0.4) is 0 Å². The zero-order valence-corrected chi connectivity index (χ0v) is 18.0. The van der Waals surface area contributed by atoms with Crippen molar-refractivity contribution in [2.75, 3.05) is 19.7 Å². The summed E-state index contributed by atoms with van der Waals surface area (Å²) in [5, 5.41) is 42.2. The van der Waals surface area contributed by atoms with Crippen LogP contribution in [0.2, 0.25) is 0 Å². The molecule has 30 heavy (non-hydrogen) atoms. The van der Waals surface area contributed by atoms with Crippen LogP contribution in [-0.4, -0.2) is 34.6 Å². The molecule has 0 aliphatic rings. The maximum absolute atomic E-state index is 11.3. The summed E-state index contributed by atoms with van der Waals surface area (Å²) in [6.07, 6.45) is 2.90. The molecule has 2 aromatic carbocycles. The predicted octanol–water partition coefficient (Wildman–Crippen LogP) is 4.89. The molecule has 0 radical (unpaired) electrons. The van der Waals surface area contributed by atoms with Gasteiger partial charge in [-0.1, -0.05) is 12.1 Å². The van der Waals surface area contributed by atoms with Crippen molar-refractivity contribution >= 4 is 38.7 Å². The zero-order chi connectivity index (χ0) is 22.1. The number of aryl methyl sites for hydroxylation is 2. The third-order valence-electron chi connectivity index (χ3n) is 4.31. The van der Waals surface area contributed by atoms with Gasteiger partial charge >= 0.3 is 5.69 Å². The molecule has 160 valence electrons. The fourth-order valence-electron chi connectivity index (χ4n) is 2.79. The smallest absolute Gasteiger partial charge is 0.304 e. The number of nitrogens with one attached hydrogen (secondary N) is 1. The molecule has 10 nitrogen and oxygen atoms in total. The Kier molecular flexibility index (Phi) is 8.96. The fraction of sp³-hybridized carbons (Fsp3) is 0.368. The third kappa shape index (κ3) is 6.65. The van der Waals surface area contributed by atoms with Crippen molar-refractivity contribution in [3.8, 4) is 0 Å². The van der Waals surface area contributed by atoms with E-state index in [4.69, 9.17) is 5.11 Å². The van der Waals surface area contributed by atoms with Crippen molar-refractivity contribution in [2.24, 2.45) is 10.2 Å². The molecule has 0 fully saturated rings. The van der Waals surface area contributed by atoms with E-state index in [1.165, 1.54) is 0 Å². The number of halogens is 1. The second-order valence-electron chi connectivity index (χ2n) is 6.56. The fourth-order valence-corrected chi connectivity index (χ4v) is 3.30. The molecular weight excluding hydrogens is 458 g/mol. The van der Waals surface area contributed by atoms with Crippen LogP contribution in [0.5, 0.6) is 0 Å². The molecule has 0 amide bonds. The van der Waals surface area contributed by atoms with E-state index in [1.807, 2.05) is 19.1 Å². The van der Waals surface area contributed by atoms with Crippen LogP contribution >= 0.6 is 15.9 Å². The minimum atomic E-state index is -0.725. The van der Waals surface area contributed by atoms with E-state index in [-0.39, 0.29) is 16.8 Å². The molecule has 0 atom stereocenters. The molecule has 0 aliphatic carbocycles. The van der Waals surface area contributed by atoms with Crippen molar-refractivity contribution in [3.05, 3.63) is 66.2 Å². The van der Waals surface area contributed by atoms with Crippen molar-refractivity contribution in [1.29, 1.82) is 0 Å². The summed E-state index contributed by atoms with van der Waals surface area (Å²) in [7, 11) is 0. The highest BCUT2D eigenvalue weighted by Gasteiger charge is 2.23. The lowest BCUT2D eigenvalue weighted by atomic mass is 10.0. The molecule has 0 aliphatic heterocycles. The minimum absolute atomic E-state index is 0.0792. The van der Waals surface area contributed by atoms with Crippen LogP contribution in [-0.2, 0) is 6.42 Å². The van der Waals surface area contributed by atoms with Gasteiger partial charge in [0, 0.05) is 12.6 Å². The average molecular weight is 480 g/mol. The number of rotatable bonds is 11. The molecule has 2 rings (SSSR count). The lowest BCUT2D eigenvalue weighted by Crippen LogP contribution is -2.19. The first kappa shape index (κ1) is 23.5. The van der Waals surface area contributed by atoms with Crippen LogP contribution in [0.4, 0.5) is 22.7 Å². The molecule has 2 N–H and O–H groups in total. The van der Waals surface area contributed by atoms with E-state index in [9.17, 15) is 20.2 Å². The highest BCUT2D eigenvalue weighted by atomic mass is 79.9. The van der Waals surface area contributed by atoms with Crippen molar-refractivity contribution < 1.29 is 15.0 Å².